The Kier molecular flexibility index (Phi) is 10.2. The van der Waals surface area contributed by atoms with Gasteiger partial charge in [-0.05, 0) is 37.6 Å². The van der Waals surface area contributed by atoms with Gasteiger partial charge in [0, 0.05) is 23.1 Å². The first kappa shape index (κ1) is 26.3. The number of fused-ring (bicyclic) bond motifs is 1. The predicted molar refractivity (Wildman–Crippen MR) is 102 cm³/mol. The number of β-amino-alcohol motifs (C(OH)–C–C–N with tert-alkyl or cyclic N) is 1. The van der Waals surface area contributed by atoms with E-state index in [0.29, 0.717) is 15.6 Å². The van der Waals surface area contributed by atoms with E-state index < -0.39 is 30.1 Å². The molecule has 0 spiro atoms. The molecule has 0 amide bonds. The number of ether oxygens (including phenoxy) is 2. The quantitative estimate of drug-likeness (QED) is 0.231. The second kappa shape index (κ2) is 11.6. The number of hydrogen-bond donors (Lipinski definition) is 5. The molecule has 2 unspecified atom stereocenters. The number of rotatable bonds is 3. The number of aryl methyl sites for hydroxylation is 1. The van der Waals surface area contributed by atoms with Crippen molar-refractivity contribution in [2.75, 3.05) is 13.1 Å². The molecular formula is C17H24BrF3N3O6+. The molecule has 0 bridgehead atoms. The van der Waals surface area contributed by atoms with Crippen LogP contribution in [0.5, 0.6) is 5.75 Å². The number of esters is 1. The number of benzene rings is 1. The summed E-state index contributed by atoms with van der Waals surface area (Å²) >= 11 is 3.24. The second-order valence-electron chi connectivity index (χ2n) is 6.20. The van der Waals surface area contributed by atoms with E-state index >= 15 is 0 Å². The molecule has 0 radical (unpaired) electrons. The lowest BCUT2D eigenvalue weighted by Gasteiger charge is -2.29. The summed E-state index contributed by atoms with van der Waals surface area (Å²) in [6, 6.07) is 3.17. The highest BCUT2D eigenvalue weighted by Gasteiger charge is 2.49. The molecule has 1 aromatic rings. The summed E-state index contributed by atoms with van der Waals surface area (Å²) in [5, 5.41) is 18.0. The average Bonchev–Trinajstić information content (AvgIpc) is 2.66. The molecule has 1 fully saturated rings. The molecule has 2 atom stereocenters. The Morgan fingerprint density at radius 2 is 1.97 bits per heavy atom. The molecule has 0 aromatic heterocycles. The molecule has 30 heavy (non-hydrogen) atoms. The zero-order valence-corrected chi connectivity index (χ0v) is 17.8. The molecular weight excluding hydrogens is 479 g/mol. The Bertz CT molecular complexity index is 759. The average molecular weight is 503 g/mol. The van der Waals surface area contributed by atoms with Crippen molar-refractivity contribution in [3.05, 3.63) is 33.3 Å². The van der Waals surface area contributed by atoms with Crippen molar-refractivity contribution in [2.24, 2.45) is 5.90 Å². The van der Waals surface area contributed by atoms with Crippen LogP contribution in [-0.2, 0) is 14.4 Å². The number of nitrogens with one attached hydrogen (secondary N) is 1. The number of carbonyl (C=O) groups excluding carboxylic acids is 1. The number of aliphatic hydroxyl groups excluding tert-OH is 1. The number of hydrogen-bond acceptors (Lipinski definition) is 8. The van der Waals surface area contributed by atoms with Crippen molar-refractivity contribution in [3.8, 4) is 5.75 Å². The zero-order valence-electron chi connectivity index (χ0n) is 16.2. The van der Waals surface area contributed by atoms with E-state index in [-0.39, 0.29) is 11.9 Å². The Morgan fingerprint density at radius 3 is 2.40 bits per heavy atom. The van der Waals surface area contributed by atoms with Gasteiger partial charge in [-0.3, -0.25) is 4.84 Å². The number of carbonyl (C=O) groups is 1. The fourth-order valence-corrected chi connectivity index (χ4v) is 2.97. The van der Waals surface area contributed by atoms with Gasteiger partial charge in [0.2, 0.25) is 12.4 Å². The van der Waals surface area contributed by atoms with Crippen molar-refractivity contribution in [3.63, 3.8) is 0 Å². The Labute approximate surface area is 178 Å². The SMILES string of the molecule is Cc1cc(Br)cc2c1OC(C(F)(F)F)C(C(=O)OC(C)ON)=C2.OC1CNC1.[NH3+]O. The largest absolute Gasteiger partial charge is 0.475 e. The molecule has 0 aliphatic carbocycles. The van der Waals surface area contributed by atoms with Gasteiger partial charge in [-0.15, -0.1) is 0 Å². The monoisotopic (exact) mass is 502 g/mol. The number of quaternary nitrogens is 1. The van der Waals surface area contributed by atoms with Crippen LogP contribution in [-0.4, -0.2) is 54.0 Å². The van der Waals surface area contributed by atoms with E-state index in [1.807, 2.05) is 0 Å². The maximum absolute atomic E-state index is 13.2. The molecule has 8 N–H and O–H groups in total. The van der Waals surface area contributed by atoms with Crippen LogP contribution in [0.4, 0.5) is 13.2 Å². The standard InChI is InChI=1S/C14H13BrF3NO4.C3H7NO.H4NO/c1-6-3-9(15)4-8-5-10(13(20)21-7(2)23-19)12(14(16,17)18)22-11(6)8;5-3-1-4-2-3;1-2/h3-5,7,12H,19H2,1-2H3;3-5H,1-2H2;2H,1H3/q;;+1. The first-order valence-corrected chi connectivity index (χ1v) is 9.34. The second-order valence-corrected chi connectivity index (χ2v) is 7.12. The van der Waals surface area contributed by atoms with Crippen LogP contribution in [0, 0.1) is 6.92 Å². The molecule has 2 aliphatic rings. The number of nitrogens with two attached hydrogens (primary N) is 1. The van der Waals surface area contributed by atoms with Crippen LogP contribution in [0.15, 0.2) is 22.2 Å². The van der Waals surface area contributed by atoms with E-state index in [0.717, 1.165) is 19.2 Å². The normalized spacial score (nSPS) is 18.7. The van der Waals surface area contributed by atoms with Crippen LogP contribution in [0.2, 0.25) is 0 Å². The van der Waals surface area contributed by atoms with Crippen molar-refractivity contribution < 1.29 is 48.5 Å². The number of halogens is 4. The van der Waals surface area contributed by atoms with Gasteiger partial charge in [0.25, 0.3) is 0 Å². The van der Waals surface area contributed by atoms with Crippen molar-refractivity contribution >= 4 is 28.0 Å². The molecule has 1 aromatic carbocycles. The van der Waals surface area contributed by atoms with Crippen LogP contribution in [0.25, 0.3) is 6.08 Å². The van der Waals surface area contributed by atoms with Gasteiger partial charge >= 0.3 is 12.1 Å². The minimum absolute atomic E-state index is 0.0463. The van der Waals surface area contributed by atoms with Gasteiger partial charge in [-0.2, -0.15) is 13.2 Å². The van der Waals surface area contributed by atoms with Crippen LogP contribution < -0.4 is 21.8 Å². The number of alkyl halides is 3. The fourth-order valence-electron chi connectivity index (χ4n) is 2.38. The van der Waals surface area contributed by atoms with Gasteiger partial charge in [0.1, 0.15) is 5.75 Å². The Morgan fingerprint density at radius 1 is 1.40 bits per heavy atom. The summed E-state index contributed by atoms with van der Waals surface area (Å²) in [4.78, 5) is 16.2. The van der Waals surface area contributed by atoms with Crippen molar-refractivity contribution in [2.45, 2.75) is 38.5 Å². The summed E-state index contributed by atoms with van der Waals surface area (Å²) in [6.07, 6.45) is -7.35. The molecule has 2 heterocycles. The van der Waals surface area contributed by atoms with E-state index in [1.165, 1.54) is 6.92 Å². The molecule has 13 heteroatoms. The van der Waals surface area contributed by atoms with Gasteiger partial charge in [-0.1, -0.05) is 15.9 Å². The van der Waals surface area contributed by atoms with E-state index in [4.69, 9.17) is 25.7 Å². The smallest absolute Gasteiger partial charge is 0.430 e. The van der Waals surface area contributed by atoms with Gasteiger partial charge in [0.05, 0.1) is 11.7 Å². The molecule has 0 saturated carbocycles. The Hall–Kier alpha value is -1.74. The lowest BCUT2D eigenvalue weighted by molar-refractivity contribution is -0.670. The van der Waals surface area contributed by atoms with Gasteiger partial charge in [-0.25, -0.2) is 21.8 Å². The molecule has 1 saturated heterocycles. The predicted octanol–water partition coefficient (Wildman–Crippen LogP) is 0.812. The van der Waals surface area contributed by atoms with E-state index in [1.54, 1.807) is 19.1 Å². The summed E-state index contributed by atoms with van der Waals surface area (Å²) in [6.45, 7) is 4.47. The topological polar surface area (TPSA) is 151 Å². The van der Waals surface area contributed by atoms with E-state index in [9.17, 15) is 18.0 Å². The third kappa shape index (κ3) is 7.19. The van der Waals surface area contributed by atoms with E-state index in [2.05, 4.69) is 32.0 Å². The van der Waals surface area contributed by atoms with Crippen LogP contribution in [0.1, 0.15) is 18.1 Å². The summed E-state index contributed by atoms with van der Waals surface area (Å²) in [5.41, 5.74) is 0.169. The molecule has 9 nitrogen and oxygen atoms in total. The van der Waals surface area contributed by atoms with Crippen molar-refractivity contribution in [1.82, 2.24) is 5.32 Å². The summed E-state index contributed by atoms with van der Waals surface area (Å²) in [5.74, 6) is 5.93. The summed E-state index contributed by atoms with van der Waals surface area (Å²) < 4.78 is 50.1. The highest BCUT2D eigenvalue weighted by atomic mass is 79.9. The summed E-state index contributed by atoms with van der Waals surface area (Å²) in [7, 11) is 0. The maximum Gasteiger partial charge on any atom is 0.430 e. The lowest BCUT2D eigenvalue weighted by Crippen LogP contribution is -2.46. The third-order valence-corrected chi connectivity index (χ3v) is 4.31. The minimum atomic E-state index is -4.78. The van der Waals surface area contributed by atoms with Gasteiger partial charge < -0.3 is 19.9 Å². The van der Waals surface area contributed by atoms with Gasteiger partial charge in [0.15, 0.2) is 0 Å². The minimum Gasteiger partial charge on any atom is -0.475 e. The van der Waals surface area contributed by atoms with Crippen molar-refractivity contribution in [1.29, 1.82) is 0 Å². The first-order chi connectivity index (χ1) is 14.0. The highest BCUT2D eigenvalue weighted by molar-refractivity contribution is 9.10. The Balaban J connectivity index is 0.000000550. The lowest BCUT2D eigenvalue weighted by atomic mass is 9.99. The molecule has 170 valence electrons. The fraction of sp³-hybridized carbons (Fsp3) is 0.471. The highest BCUT2D eigenvalue weighted by Crippen LogP contribution is 2.40. The first-order valence-electron chi connectivity index (χ1n) is 8.55. The maximum atomic E-state index is 13.2. The molecule has 2 aliphatic heterocycles. The third-order valence-electron chi connectivity index (χ3n) is 3.85. The van der Waals surface area contributed by atoms with Crippen LogP contribution in [0.3, 0.4) is 0 Å². The van der Waals surface area contributed by atoms with Crippen LogP contribution >= 0.6 is 15.9 Å². The molecule has 3 rings (SSSR count). The zero-order chi connectivity index (χ0) is 23.1. The number of aliphatic hydroxyl groups is 1.